The molecule has 1 aromatic heterocycles. The molecule has 1 nitrogen and oxygen atoms in total. The van der Waals surface area contributed by atoms with Crippen molar-refractivity contribution < 1.29 is 0 Å². The molecule has 0 aliphatic heterocycles. The molecule has 0 fully saturated rings. The van der Waals surface area contributed by atoms with Gasteiger partial charge in [-0.15, -0.1) is 6.42 Å². The Morgan fingerprint density at radius 1 is 1.12 bits per heavy atom. The van der Waals surface area contributed by atoms with Crippen molar-refractivity contribution in [2.75, 3.05) is 0 Å². The van der Waals surface area contributed by atoms with Gasteiger partial charge in [0.05, 0.1) is 5.69 Å². The van der Waals surface area contributed by atoms with Crippen molar-refractivity contribution in [1.29, 1.82) is 0 Å². The third-order valence-corrected chi connectivity index (χ3v) is 2.41. The molecule has 0 atom stereocenters. The number of rotatable bonds is 2. The Bertz CT molecular complexity index is 588. The zero-order valence-electron chi connectivity index (χ0n) is 9.72. The molecule has 0 spiro atoms. The average Bonchev–Trinajstić information content (AvgIpc) is 2.37. The Morgan fingerprint density at radius 2 is 1.94 bits per heavy atom. The summed E-state index contributed by atoms with van der Waals surface area (Å²) in [7, 11) is 0. The molecule has 0 saturated heterocycles. The fraction of sp³-hybridized carbons (Fsp3) is 0.0625. The van der Waals surface area contributed by atoms with Crippen LogP contribution in [0.25, 0.3) is 12.2 Å². The molecular formula is C16H13N. The number of terminal acetylenes is 1. The molecule has 17 heavy (non-hydrogen) atoms. The summed E-state index contributed by atoms with van der Waals surface area (Å²) in [6.07, 6.45) is 9.36. The van der Waals surface area contributed by atoms with E-state index in [1.165, 1.54) is 0 Å². The van der Waals surface area contributed by atoms with Gasteiger partial charge in [0.2, 0.25) is 0 Å². The van der Waals surface area contributed by atoms with Gasteiger partial charge in [0.15, 0.2) is 0 Å². The number of hydrogen-bond donors (Lipinski definition) is 0. The van der Waals surface area contributed by atoms with Crippen molar-refractivity contribution in [1.82, 2.24) is 4.98 Å². The molecule has 2 rings (SSSR count). The van der Waals surface area contributed by atoms with E-state index in [1.807, 2.05) is 61.5 Å². The highest BCUT2D eigenvalue weighted by atomic mass is 14.7. The van der Waals surface area contributed by atoms with Crippen LogP contribution < -0.4 is 0 Å². The van der Waals surface area contributed by atoms with E-state index in [1.54, 1.807) is 0 Å². The first-order valence-electron chi connectivity index (χ1n) is 5.46. The highest BCUT2D eigenvalue weighted by molar-refractivity contribution is 5.68. The molecule has 1 heterocycles. The number of aryl methyl sites for hydroxylation is 1. The van der Waals surface area contributed by atoms with Crippen molar-refractivity contribution in [2.24, 2.45) is 0 Å². The van der Waals surface area contributed by atoms with Crippen molar-refractivity contribution in [3.8, 4) is 12.3 Å². The van der Waals surface area contributed by atoms with Gasteiger partial charge >= 0.3 is 0 Å². The molecule has 1 aromatic carbocycles. The van der Waals surface area contributed by atoms with Gasteiger partial charge in [0.25, 0.3) is 0 Å². The monoisotopic (exact) mass is 219 g/mol. The summed E-state index contributed by atoms with van der Waals surface area (Å²) in [5.41, 5.74) is 3.95. The van der Waals surface area contributed by atoms with Crippen LogP contribution in [0.3, 0.4) is 0 Å². The summed E-state index contributed by atoms with van der Waals surface area (Å²) in [6.45, 7) is 1.98. The Morgan fingerprint density at radius 3 is 2.71 bits per heavy atom. The number of benzene rings is 1. The molecule has 0 bridgehead atoms. The van der Waals surface area contributed by atoms with Crippen LogP contribution in [0.15, 0.2) is 42.5 Å². The minimum absolute atomic E-state index is 0.893. The maximum atomic E-state index is 5.36. The van der Waals surface area contributed by atoms with E-state index in [4.69, 9.17) is 6.42 Å². The van der Waals surface area contributed by atoms with Gasteiger partial charge in [0.1, 0.15) is 0 Å². The van der Waals surface area contributed by atoms with Crippen LogP contribution in [0, 0.1) is 19.3 Å². The summed E-state index contributed by atoms with van der Waals surface area (Å²) in [5.74, 6) is 2.63. The van der Waals surface area contributed by atoms with Gasteiger partial charge in [-0.1, -0.05) is 30.2 Å². The second-order valence-electron chi connectivity index (χ2n) is 3.81. The Kier molecular flexibility index (Phi) is 3.37. The van der Waals surface area contributed by atoms with E-state index in [9.17, 15) is 0 Å². The molecule has 0 aliphatic rings. The lowest BCUT2D eigenvalue weighted by Gasteiger charge is -1.96. The second kappa shape index (κ2) is 5.14. The summed E-state index contributed by atoms with van der Waals surface area (Å²) in [6, 6.07) is 13.8. The lowest BCUT2D eigenvalue weighted by Crippen LogP contribution is -1.83. The van der Waals surface area contributed by atoms with Gasteiger partial charge in [-0.05, 0) is 42.8 Å². The summed E-state index contributed by atoms with van der Waals surface area (Å²) in [5, 5.41) is 0. The van der Waals surface area contributed by atoms with Crippen LogP contribution in [0.1, 0.15) is 22.5 Å². The molecule has 0 amide bonds. The van der Waals surface area contributed by atoms with Crippen molar-refractivity contribution in [3.63, 3.8) is 0 Å². The normalized spacial score (nSPS) is 10.4. The average molecular weight is 219 g/mol. The highest BCUT2D eigenvalue weighted by Gasteiger charge is 1.91. The van der Waals surface area contributed by atoms with E-state index in [0.29, 0.717) is 0 Å². The van der Waals surface area contributed by atoms with Gasteiger partial charge in [0, 0.05) is 11.3 Å². The van der Waals surface area contributed by atoms with Crippen LogP contribution >= 0.6 is 0 Å². The number of hydrogen-bond acceptors (Lipinski definition) is 1. The third-order valence-electron chi connectivity index (χ3n) is 2.41. The molecular weight excluding hydrogens is 206 g/mol. The highest BCUT2D eigenvalue weighted by Crippen LogP contribution is 2.09. The van der Waals surface area contributed by atoms with E-state index < -0.39 is 0 Å². The number of nitrogens with zero attached hydrogens (tertiary/aromatic N) is 1. The molecule has 1 heteroatoms. The minimum atomic E-state index is 0.893. The first-order chi connectivity index (χ1) is 8.28. The zero-order chi connectivity index (χ0) is 12.1. The fourth-order valence-electron chi connectivity index (χ4n) is 1.57. The van der Waals surface area contributed by atoms with E-state index in [0.717, 1.165) is 22.5 Å². The van der Waals surface area contributed by atoms with Gasteiger partial charge in [-0.25, -0.2) is 0 Å². The predicted molar refractivity (Wildman–Crippen MR) is 72.3 cm³/mol. The molecule has 0 saturated carbocycles. The predicted octanol–water partition coefficient (Wildman–Crippen LogP) is 3.54. The minimum Gasteiger partial charge on any atom is -0.254 e. The first-order valence-corrected chi connectivity index (χ1v) is 5.46. The van der Waals surface area contributed by atoms with Gasteiger partial charge in [-0.3, -0.25) is 4.98 Å². The van der Waals surface area contributed by atoms with Crippen molar-refractivity contribution in [2.45, 2.75) is 6.92 Å². The molecule has 82 valence electrons. The lowest BCUT2D eigenvalue weighted by atomic mass is 10.1. The maximum Gasteiger partial charge on any atom is 0.0633 e. The largest absolute Gasteiger partial charge is 0.254 e. The SMILES string of the molecule is C#Cc1cccc(C=Cc2cccc(C)n2)c1. The van der Waals surface area contributed by atoms with E-state index in [-0.39, 0.29) is 0 Å². The zero-order valence-corrected chi connectivity index (χ0v) is 9.72. The molecule has 2 aromatic rings. The topological polar surface area (TPSA) is 12.9 Å². The Labute approximate surface area is 102 Å². The first kappa shape index (κ1) is 11.2. The summed E-state index contributed by atoms with van der Waals surface area (Å²) < 4.78 is 0. The van der Waals surface area contributed by atoms with Crippen molar-refractivity contribution in [3.05, 3.63) is 65.0 Å². The lowest BCUT2D eigenvalue weighted by molar-refractivity contribution is 1.18. The number of pyridine rings is 1. The van der Waals surface area contributed by atoms with E-state index in [2.05, 4.69) is 10.9 Å². The van der Waals surface area contributed by atoms with Crippen LogP contribution in [-0.4, -0.2) is 4.98 Å². The van der Waals surface area contributed by atoms with Crippen LogP contribution in [0.5, 0.6) is 0 Å². The van der Waals surface area contributed by atoms with Gasteiger partial charge < -0.3 is 0 Å². The molecule has 0 N–H and O–H groups in total. The number of aromatic nitrogens is 1. The standard InChI is InChI=1S/C16H13N/c1-3-14-7-5-8-15(12-14)10-11-16-9-4-6-13(2)17-16/h1,4-12H,2H3. The molecule has 0 aliphatic carbocycles. The summed E-state index contributed by atoms with van der Waals surface area (Å²) >= 11 is 0. The Hall–Kier alpha value is -2.33. The Balaban J connectivity index is 2.23. The quantitative estimate of drug-likeness (QED) is 0.704. The summed E-state index contributed by atoms with van der Waals surface area (Å²) in [4.78, 5) is 4.40. The molecule has 0 unspecified atom stereocenters. The van der Waals surface area contributed by atoms with Gasteiger partial charge in [-0.2, -0.15) is 0 Å². The molecule has 0 radical (unpaired) electrons. The van der Waals surface area contributed by atoms with Crippen LogP contribution in [0.4, 0.5) is 0 Å². The van der Waals surface area contributed by atoms with Crippen molar-refractivity contribution >= 4 is 12.2 Å². The fourth-order valence-corrected chi connectivity index (χ4v) is 1.57. The third kappa shape index (κ3) is 3.06. The second-order valence-corrected chi connectivity index (χ2v) is 3.81. The maximum absolute atomic E-state index is 5.36. The van der Waals surface area contributed by atoms with E-state index >= 15 is 0 Å². The smallest absolute Gasteiger partial charge is 0.0633 e. The van der Waals surface area contributed by atoms with Crippen LogP contribution in [-0.2, 0) is 0 Å². The van der Waals surface area contributed by atoms with Crippen LogP contribution in [0.2, 0.25) is 0 Å².